The maximum absolute atomic E-state index is 13.0. The molecule has 1 heterocycles. The Labute approximate surface area is 100 Å². The molecule has 0 unspecified atom stereocenters. The molecular formula is C11H7F2N3S. The van der Waals surface area contributed by atoms with Crippen LogP contribution in [-0.4, -0.2) is 4.37 Å². The van der Waals surface area contributed by atoms with Crippen LogP contribution in [0.4, 0.5) is 19.5 Å². The summed E-state index contributed by atoms with van der Waals surface area (Å²) >= 11 is 1.08. The summed E-state index contributed by atoms with van der Waals surface area (Å²) in [5.41, 5.74) is 1.24. The molecule has 0 spiro atoms. The van der Waals surface area contributed by atoms with Gasteiger partial charge in [0.25, 0.3) is 0 Å². The van der Waals surface area contributed by atoms with Gasteiger partial charge in [-0.2, -0.15) is 9.64 Å². The smallest absolute Gasteiger partial charge is 0.132 e. The van der Waals surface area contributed by atoms with Crippen LogP contribution in [0.3, 0.4) is 0 Å². The molecule has 2 rings (SSSR count). The molecule has 0 radical (unpaired) electrons. The maximum atomic E-state index is 13.0. The van der Waals surface area contributed by atoms with Gasteiger partial charge in [0.15, 0.2) is 0 Å². The van der Waals surface area contributed by atoms with Crippen molar-refractivity contribution in [2.75, 3.05) is 5.32 Å². The van der Waals surface area contributed by atoms with E-state index in [0.717, 1.165) is 29.7 Å². The molecule has 0 atom stereocenters. The van der Waals surface area contributed by atoms with E-state index in [1.807, 2.05) is 6.07 Å². The number of nitrogens with zero attached hydrogens (tertiary/aromatic N) is 2. The lowest BCUT2D eigenvalue weighted by atomic mass is 10.2. The van der Waals surface area contributed by atoms with Crippen LogP contribution >= 0.6 is 11.5 Å². The van der Waals surface area contributed by atoms with Gasteiger partial charge in [-0.05, 0) is 30.6 Å². The van der Waals surface area contributed by atoms with Crippen molar-refractivity contribution >= 4 is 22.2 Å². The van der Waals surface area contributed by atoms with Gasteiger partial charge >= 0.3 is 0 Å². The molecule has 0 fully saturated rings. The second-order valence-electron chi connectivity index (χ2n) is 3.37. The Kier molecular flexibility index (Phi) is 3.02. The highest BCUT2D eigenvalue weighted by Gasteiger charge is 2.10. The minimum absolute atomic E-state index is 0.252. The van der Waals surface area contributed by atoms with Crippen LogP contribution in [0, 0.1) is 29.9 Å². The third kappa shape index (κ3) is 2.40. The molecule has 0 aliphatic heterocycles. The van der Waals surface area contributed by atoms with Gasteiger partial charge in [0.2, 0.25) is 0 Å². The fraction of sp³-hybridized carbons (Fsp3) is 0.0909. The molecule has 6 heteroatoms. The molecule has 1 aromatic heterocycles. The number of hydrogen-bond acceptors (Lipinski definition) is 4. The van der Waals surface area contributed by atoms with Gasteiger partial charge < -0.3 is 5.32 Å². The van der Waals surface area contributed by atoms with E-state index in [2.05, 4.69) is 9.69 Å². The fourth-order valence-electron chi connectivity index (χ4n) is 1.34. The molecule has 0 aliphatic carbocycles. The van der Waals surface area contributed by atoms with Crippen molar-refractivity contribution in [3.63, 3.8) is 0 Å². The first-order chi connectivity index (χ1) is 8.10. The van der Waals surface area contributed by atoms with Crippen molar-refractivity contribution in [3.8, 4) is 6.07 Å². The first kappa shape index (κ1) is 11.5. The van der Waals surface area contributed by atoms with E-state index in [1.165, 1.54) is 0 Å². The summed E-state index contributed by atoms with van der Waals surface area (Å²) in [6.45, 7) is 1.70. The monoisotopic (exact) mass is 251 g/mol. The van der Waals surface area contributed by atoms with Crippen molar-refractivity contribution in [2.24, 2.45) is 0 Å². The lowest BCUT2D eigenvalue weighted by Gasteiger charge is -2.04. The van der Waals surface area contributed by atoms with E-state index in [4.69, 9.17) is 5.26 Å². The molecule has 2 aromatic rings. The molecule has 1 N–H and O–H groups in total. The third-order valence-electron chi connectivity index (χ3n) is 2.09. The molecule has 86 valence electrons. The van der Waals surface area contributed by atoms with Gasteiger partial charge in [0.1, 0.15) is 28.3 Å². The van der Waals surface area contributed by atoms with Crippen LogP contribution in [0.1, 0.15) is 11.3 Å². The standard InChI is InChI=1S/C11H7F2N3S/c1-6-10(5-14)11(17-16-6)15-9-3-7(12)2-8(13)4-9/h2-4,15H,1H3. The van der Waals surface area contributed by atoms with Gasteiger partial charge in [-0.25, -0.2) is 8.78 Å². The van der Waals surface area contributed by atoms with E-state index in [9.17, 15) is 8.78 Å². The zero-order chi connectivity index (χ0) is 12.4. The number of nitrogens with one attached hydrogen (secondary N) is 1. The average molecular weight is 251 g/mol. The zero-order valence-electron chi connectivity index (χ0n) is 8.79. The van der Waals surface area contributed by atoms with Gasteiger partial charge in [0, 0.05) is 11.8 Å². The van der Waals surface area contributed by atoms with Crippen LogP contribution in [0.25, 0.3) is 0 Å². The maximum Gasteiger partial charge on any atom is 0.132 e. The van der Waals surface area contributed by atoms with Crippen molar-refractivity contribution in [2.45, 2.75) is 6.92 Å². The van der Waals surface area contributed by atoms with Crippen molar-refractivity contribution in [1.82, 2.24) is 4.37 Å². The van der Waals surface area contributed by atoms with Gasteiger partial charge in [0.05, 0.1) is 5.69 Å². The lowest BCUT2D eigenvalue weighted by molar-refractivity contribution is 0.584. The molecule has 17 heavy (non-hydrogen) atoms. The topological polar surface area (TPSA) is 48.7 Å². The highest BCUT2D eigenvalue weighted by molar-refractivity contribution is 7.10. The fourth-order valence-corrected chi connectivity index (χ4v) is 2.11. The molecule has 1 aromatic carbocycles. The molecule has 0 amide bonds. The summed E-state index contributed by atoms with van der Waals surface area (Å²) in [6.07, 6.45) is 0. The number of anilines is 2. The third-order valence-corrected chi connectivity index (χ3v) is 2.95. The normalized spacial score (nSPS) is 10.0. The molecule has 0 bridgehead atoms. The Balaban J connectivity index is 2.35. The van der Waals surface area contributed by atoms with E-state index in [-0.39, 0.29) is 5.69 Å². The van der Waals surface area contributed by atoms with Crippen LogP contribution in [0.5, 0.6) is 0 Å². The first-order valence-corrected chi connectivity index (χ1v) is 5.47. The quantitative estimate of drug-likeness (QED) is 0.890. The first-order valence-electron chi connectivity index (χ1n) is 4.69. The minimum atomic E-state index is -0.674. The highest BCUT2D eigenvalue weighted by Crippen LogP contribution is 2.27. The van der Waals surface area contributed by atoms with Gasteiger partial charge in [-0.1, -0.05) is 0 Å². The lowest BCUT2D eigenvalue weighted by Crippen LogP contribution is -1.92. The molecule has 0 saturated heterocycles. The number of halogens is 2. The highest BCUT2D eigenvalue weighted by atomic mass is 32.1. The number of rotatable bonds is 2. The predicted octanol–water partition coefficient (Wildman–Crippen LogP) is 3.35. The summed E-state index contributed by atoms with van der Waals surface area (Å²) in [6, 6.07) is 5.08. The van der Waals surface area contributed by atoms with E-state index < -0.39 is 11.6 Å². The number of nitriles is 1. The van der Waals surface area contributed by atoms with E-state index in [0.29, 0.717) is 16.3 Å². The average Bonchev–Trinajstić information content (AvgIpc) is 2.57. The van der Waals surface area contributed by atoms with Crippen LogP contribution in [-0.2, 0) is 0 Å². The summed E-state index contributed by atoms with van der Waals surface area (Å²) in [7, 11) is 0. The molecule has 0 aliphatic rings. The summed E-state index contributed by atoms with van der Waals surface area (Å²) in [5.74, 6) is -1.35. The molecule has 0 saturated carbocycles. The summed E-state index contributed by atoms with van der Waals surface area (Å²) < 4.78 is 29.9. The van der Waals surface area contributed by atoms with Crippen LogP contribution in [0.2, 0.25) is 0 Å². The Hall–Kier alpha value is -2.00. The van der Waals surface area contributed by atoms with Gasteiger partial charge in [-0.3, -0.25) is 0 Å². The van der Waals surface area contributed by atoms with E-state index in [1.54, 1.807) is 6.92 Å². The number of aryl methyl sites for hydroxylation is 1. The Morgan fingerprint density at radius 1 is 1.29 bits per heavy atom. The van der Waals surface area contributed by atoms with E-state index >= 15 is 0 Å². The Bertz CT molecular complexity index is 581. The van der Waals surface area contributed by atoms with Crippen LogP contribution < -0.4 is 5.32 Å². The number of hydrogen-bond donors (Lipinski definition) is 1. The Morgan fingerprint density at radius 2 is 1.94 bits per heavy atom. The minimum Gasteiger partial charge on any atom is -0.345 e. The SMILES string of the molecule is Cc1nsc(Nc2cc(F)cc(F)c2)c1C#N. The largest absolute Gasteiger partial charge is 0.345 e. The molecular weight excluding hydrogens is 244 g/mol. The summed E-state index contributed by atoms with van der Waals surface area (Å²) in [5, 5.41) is 12.2. The van der Waals surface area contributed by atoms with Crippen LogP contribution in [0.15, 0.2) is 18.2 Å². The van der Waals surface area contributed by atoms with Crippen molar-refractivity contribution < 1.29 is 8.78 Å². The zero-order valence-corrected chi connectivity index (χ0v) is 9.61. The summed E-state index contributed by atoms with van der Waals surface area (Å²) in [4.78, 5) is 0. The molecule has 3 nitrogen and oxygen atoms in total. The Morgan fingerprint density at radius 3 is 2.53 bits per heavy atom. The van der Waals surface area contributed by atoms with Gasteiger partial charge in [-0.15, -0.1) is 0 Å². The van der Waals surface area contributed by atoms with Crippen molar-refractivity contribution in [1.29, 1.82) is 5.26 Å². The number of benzene rings is 1. The second kappa shape index (κ2) is 4.47. The number of aromatic nitrogens is 1. The van der Waals surface area contributed by atoms with Crippen molar-refractivity contribution in [3.05, 3.63) is 41.1 Å². The predicted molar refractivity (Wildman–Crippen MR) is 61.2 cm³/mol. The second-order valence-corrected chi connectivity index (χ2v) is 4.14.